The van der Waals surface area contributed by atoms with Gasteiger partial charge in [-0.3, -0.25) is 0 Å². The van der Waals surface area contributed by atoms with Gasteiger partial charge in [-0.1, -0.05) is 0 Å². The average Bonchev–Trinajstić information content (AvgIpc) is 2.18. The monoisotopic (exact) mass is 366 g/mol. The molecule has 0 heterocycles. The van der Waals surface area contributed by atoms with Crippen LogP contribution in [0.1, 0.15) is 32.3 Å². The number of hydrogen-bond donors (Lipinski definition) is 0. The Balaban J connectivity index is 2.87. The maximum atomic E-state index is 4.09. The molecule has 1 aromatic carbocycles. The zero-order valence-electron chi connectivity index (χ0n) is 10.1. The van der Waals surface area contributed by atoms with E-state index in [9.17, 15) is 0 Å². The molecule has 16 heavy (non-hydrogen) atoms. The zero-order chi connectivity index (χ0) is 12.1. The Bertz CT molecular complexity index is 312. The van der Waals surface area contributed by atoms with Crippen molar-refractivity contribution < 1.29 is 0 Å². The second-order valence-electron chi connectivity index (χ2n) is 4.54. The van der Waals surface area contributed by atoms with Crippen molar-refractivity contribution in [2.24, 2.45) is 0 Å². The molecular formula is C13H21Br2P. The molecule has 0 aromatic heterocycles. The molecular weight excluding hydrogens is 347 g/mol. The van der Waals surface area contributed by atoms with Crippen molar-refractivity contribution in [3.63, 3.8) is 0 Å². The van der Waals surface area contributed by atoms with Crippen LogP contribution >= 0.6 is 35.0 Å². The molecule has 1 rings (SSSR count). The molecule has 92 valence electrons. The summed E-state index contributed by atoms with van der Waals surface area (Å²) >= 11 is 8.19. The Kier molecular flexibility index (Phi) is 5.48. The van der Waals surface area contributed by atoms with Crippen molar-refractivity contribution in [3.8, 4) is 0 Å². The van der Waals surface area contributed by atoms with Crippen LogP contribution in [0.3, 0.4) is 0 Å². The van der Waals surface area contributed by atoms with Gasteiger partial charge < -0.3 is 0 Å². The molecule has 0 saturated heterocycles. The number of halogens is 2. The summed E-state index contributed by atoms with van der Waals surface area (Å²) < 4.78 is -1.84. The van der Waals surface area contributed by atoms with Crippen molar-refractivity contribution in [2.75, 3.05) is 12.3 Å². The van der Waals surface area contributed by atoms with Crippen LogP contribution in [0.25, 0.3) is 0 Å². The second-order valence-corrected chi connectivity index (χ2v) is 22.7. The van der Waals surface area contributed by atoms with E-state index in [2.05, 4.69) is 75.2 Å². The van der Waals surface area contributed by atoms with Gasteiger partial charge in [0.1, 0.15) is 0 Å². The summed E-state index contributed by atoms with van der Waals surface area (Å²) in [7, 11) is 0. The Morgan fingerprint density at radius 1 is 0.938 bits per heavy atom. The van der Waals surface area contributed by atoms with E-state index in [1.54, 1.807) is 0 Å². The molecule has 0 unspecified atom stereocenters. The average molecular weight is 368 g/mol. The van der Waals surface area contributed by atoms with Gasteiger partial charge in [-0.2, -0.15) is 0 Å². The van der Waals surface area contributed by atoms with Crippen molar-refractivity contribution in [1.82, 2.24) is 0 Å². The van der Waals surface area contributed by atoms with E-state index >= 15 is 0 Å². The standard InChI is InChI=1S/C13H21Br2P/c1-3-10-16(14,15,11-4-2)12-13-8-6-5-7-9-13/h5-9H,3-4,10-12H2,1-2H3. The first-order valence-corrected chi connectivity index (χ1v) is 12.8. The molecule has 0 aliphatic heterocycles. The third kappa shape index (κ3) is 4.47. The molecule has 0 atom stereocenters. The molecule has 0 bridgehead atoms. The van der Waals surface area contributed by atoms with E-state index < -0.39 is 4.01 Å². The Labute approximate surface area is 116 Å². The number of hydrogen-bond acceptors (Lipinski definition) is 0. The quantitative estimate of drug-likeness (QED) is 0.526. The molecule has 0 amide bonds. The molecule has 0 saturated carbocycles. The molecule has 0 spiro atoms. The summed E-state index contributed by atoms with van der Waals surface area (Å²) in [5, 5.41) is 0. The first kappa shape index (κ1) is 14.7. The molecule has 0 aliphatic carbocycles. The van der Waals surface area contributed by atoms with E-state index in [1.807, 2.05) is 0 Å². The minimum atomic E-state index is -1.84. The van der Waals surface area contributed by atoms with Gasteiger partial charge >= 0.3 is 116 Å². The SMILES string of the molecule is CCCP(Br)(Br)(CCC)Cc1ccccc1. The van der Waals surface area contributed by atoms with Gasteiger partial charge in [0, 0.05) is 0 Å². The molecule has 0 radical (unpaired) electrons. The molecule has 0 N–H and O–H groups in total. The van der Waals surface area contributed by atoms with Crippen molar-refractivity contribution >= 4 is 35.0 Å². The minimum absolute atomic E-state index is 1.16. The summed E-state index contributed by atoms with van der Waals surface area (Å²) in [5.74, 6) is 0. The van der Waals surface area contributed by atoms with Crippen LogP contribution < -0.4 is 0 Å². The first-order valence-electron chi connectivity index (χ1n) is 5.97. The summed E-state index contributed by atoms with van der Waals surface area (Å²) in [5.41, 5.74) is 1.44. The van der Waals surface area contributed by atoms with Crippen LogP contribution in [0.2, 0.25) is 0 Å². The number of benzene rings is 1. The van der Waals surface area contributed by atoms with Gasteiger partial charge in [0.25, 0.3) is 0 Å². The third-order valence-corrected chi connectivity index (χ3v) is 12.4. The Morgan fingerprint density at radius 3 is 1.88 bits per heavy atom. The van der Waals surface area contributed by atoms with Crippen LogP contribution in [0, 0.1) is 0 Å². The van der Waals surface area contributed by atoms with Crippen molar-refractivity contribution in [3.05, 3.63) is 35.9 Å². The third-order valence-electron chi connectivity index (χ3n) is 2.79. The van der Waals surface area contributed by atoms with Crippen LogP contribution in [0.15, 0.2) is 30.3 Å². The van der Waals surface area contributed by atoms with E-state index in [0.717, 1.165) is 6.16 Å². The van der Waals surface area contributed by atoms with Gasteiger partial charge in [0.05, 0.1) is 0 Å². The topological polar surface area (TPSA) is 0 Å². The van der Waals surface area contributed by atoms with Gasteiger partial charge in [-0.15, -0.1) is 0 Å². The van der Waals surface area contributed by atoms with E-state index in [1.165, 1.54) is 30.7 Å². The van der Waals surface area contributed by atoms with Crippen LogP contribution in [-0.2, 0) is 6.16 Å². The predicted molar refractivity (Wildman–Crippen MR) is 85.2 cm³/mol. The number of rotatable bonds is 6. The van der Waals surface area contributed by atoms with Gasteiger partial charge in [-0.05, 0) is 0 Å². The summed E-state index contributed by atoms with van der Waals surface area (Å²) in [4.78, 5) is 0. The summed E-state index contributed by atoms with van der Waals surface area (Å²) in [6, 6.07) is 10.8. The molecule has 0 fully saturated rings. The molecule has 3 heteroatoms. The fraction of sp³-hybridized carbons (Fsp3) is 0.538. The van der Waals surface area contributed by atoms with Gasteiger partial charge in [-0.25, -0.2) is 0 Å². The van der Waals surface area contributed by atoms with Crippen LogP contribution in [0.5, 0.6) is 0 Å². The zero-order valence-corrected chi connectivity index (χ0v) is 14.2. The van der Waals surface area contributed by atoms with Crippen LogP contribution in [0.4, 0.5) is 0 Å². The summed E-state index contributed by atoms with van der Waals surface area (Å²) in [6.07, 6.45) is 6.18. The normalized spacial score (nSPS) is 14.4. The Hall–Kier alpha value is 0.610. The van der Waals surface area contributed by atoms with Crippen LogP contribution in [-0.4, -0.2) is 12.3 Å². The summed E-state index contributed by atoms with van der Waals surface area (Å²) in [6.45, 7) is 4.54. The van der Waals surface area contributed by atoms with E-state index in [4.69, 9.17) is 0 Å². The van der Waals surface area contributed by atoms with Gasteiger partial charge in [0.2, 0.25) is 0 Å². The molecule has 0 nitrogen and oxygen atoms in total. The van der Waals surface area contributed by atoms with Gasteiger partial charge in [0.15, 0.2) is 0 Å². The van der Waals surface area contributed by atoms with Crippen molar-refractivity contribution in [1.29, 1.82) is 0 Å². The second kappa shape index (κ2) is 5.98. The van der Waals surface area contributed by atoms with Crippen molar-refractivity contribution in [2.45, 2.75) is 32.9 Å². The maximum absolute atomic E-state index is 4.09. The Morgan fingerprint density at radius 2 is 1.44 bits per heavy atom. The molecule has 1 aromatic rings. The van der Waals surface area contributed by atoms with E-state index in [-0.39, 0.29) is 0 Å². The van der Waals surface area contributed by atoms with E-state index in [0.29, 0.717) is 0 Å². The predicted octanol–water partition coefficient (Wildman–Crippen LogP) is 6.18. The first-order chi connectivity index (χ1) is 7.48. The molecule has 0 aliphatic rings. The fourth-order valence-electron chi connectivity index (χ4n) is 2.22. The fourth-order valence-corrected chi connectivity index (χ4v) is 11.7.